The molecule has 6 heteroatoms. The standard InChI is InChI=1S/C15H11F4NO/c1-8(13-10(16)5-3-6-11(13)17)20-15(21)9-4-2-7-12(18)14(9)19/h2-8H,1H3,(H,20,21). The molecule has 0 spiro atoms. The highest BCUT2D eigenvalue weighted by Gasteiger charge is 2.21. The molecule has 2 rings (SSSR count). The van der Waals surface area contributed by atoms with Crippen molar-refractivity contribution in [3.63, 3.8) is 0 Å². The number of carbonyl (C=O) groups excluding carboxylic acids is 1. The summed E-state index contributed by atoms with van der Waals surface area (Å²) in [6.45, 7) is 1.34. The zero-order valence-corrected chi connectivity index (χ0v) is 11.0. The average molecular weight is 297 g/mol. The molecule has 1 N–H and O–H groups in total. The van der Waals surface area contributed by atoms with Crippen molar-refractivity contribution in [2.45, 2.75) is 13.0 Å². The molecule has 0 fully saturated rings. The number of benzene rings is 2. The molecule has 0 heterocycles. The van der Waals surface area contributed by atoms with Gasteiger partial charge in [-0.1, -0.05) is 12.1 Å². The van der Waals surface area contributed by atoms with Gasteiger partial charge >= 0.3 is 0 Å². The van der Waals surface area contributed by atoms with Crippen LogP contribution in [0, 0.1) is 23.3 Å². The highest BCUT2D eigenvalue weighted by molar-refractivity contribution is 5.94. The van der Waals surface area contributed by atoms with Crippen molar-refractivity contribution in [2.75, 3.05) is 0 Å². The molecule has 0 aromatic heterocycles. The van der Waals surface area contributed by atoms with E-state index >= 15 is 0 Å². The van der Waals surface area contributed by atoms with Gasteiger partial charge in [0.15, 0.2) is 11.6 Å². The fourth-order valence-electron chi connectivity index (χ4n) is 1.95. The fourth-order valence-corrected chi connectivity index (χ4v) is 1.95. The molecule has 2 aromatic rings. The summed E-state index contributed by atoms with van der Waals surface area (Å²) in [7, 11) is 0. The summed E-state index contributed by atoms with van der Waals surface area (Å²) in [4.78, 5) is 11.9. The van der Waals surface area contributed by atoms with Gasteiger partial charge in [0, 0.05) is 5.56 Å². The molecule has 0 aliphatic heterocycles. The smallest absolute Gasteiger partial charge is 0.254 e. The third-order valence-corrected chi connectivity index (χ3v) is 2.98. The summed E-state index contributed by atoms with van der Waals surface area (Å²) in [5.74, 6) is -5.10. The summed E-state index contributed by atoms with van der Waals surface area (Å²) >= 11 is 0. The topological polar surface area (TPSA) is 29.1 Å². The minimum absolute atomic E-state index is 0.345. The van der Waals surface area contributed by atoms with E-state index < -0.39 is 40.8 Å². The lowest BCUT2D eigenvalue weighted by Gasteiger charge is -2.16. The Morgan fingerprint density at radius 1 is 0.952 bits per heavy atom. The summed E-state index contributed by atoms with van der Waals surface area (Å²) in [6.07, 6.45) is 0. The lowest BCUT2D eigenvalue weighted by molar-refractivity contribution is 0.0933. The Morgan fingerprint density at radius 2 is 1.48 bits per heavy atom. The number of amides is 1. The van der Waals surface area contributed by atoms with E-state index in [0.29, 0.717) is 0 Å². The summed E-state index contributed by atoms with van der Waals surface area (Å²) in [5.41, 5.74) is -0.874. The molecule has 0 radical (unpaired) electrons. The molecule has 0 saturated carbocycles. The predicted molar refractivity (Wildman–Crippen MR) is 68.6 cm³/mol. The van der Waals surface area contributed by atoms with E-state index in [4.69, 9.17) is 0 Å². The van der Waals surface area contributed by atoms with Crippen LogP contribution in [0.1, 0.15) is 28.9 Å². The van der Waals surface area contributed by atoms with Crippen LogP contribution in [0.15, 0.2) is 36.4 Å². The van der Waals surface area contributed by atoms with Crippen LogP contribution in [0.4, 0.5) is 17.6 Å². The fraction of sp³-hybridized carbons (Fsp3) is 0.133. The van der Waals surface area contributed by atoms with E-state index in [2.05, 4.69) is 5.32 Å². The van der Waals surface area contributed by atoms with E-state index in [-0.39, 0.29) is 5.56 Å². The first-order valence-electron chi connectivity index (χ1n) is 6.10. The molecule has 0 aliphatic rings. The molecule has 0 bridgehead atoms. The largest absolute Gasteiger partial charge is 0.345 e. The maximum Gasteiger partial charge on any atom is 0.254 e. The Balaban J connectivity index is 2.25. The number of carbonyl (C=O) groups is 1. The van der Waals surface area contributed by atoms with Gasteiger partial charge in [-0.3, -0.25) is 4.79 Å². The summed E-state index contributed by atoms with van der Waals surface area (Å²) in [6, 6.07) is 5.36. The molecule has 1 amide bonds. The van der Waals surface area contributed by atoms with Crippen molar-refractivity contribution in [1.29, 1.82) is 0 Å². The first-order valence-corrected chi connectivity index (χ1v) is 6.10. The van der Waals surface area contributed by atoms with E-state index in [1.54, 1.807) is 0 Å². The quantitative estimate of drug-likeness (QED) is 0.859. The van der Waals surface area contributed by atoms with Crippen LogP contribution in [-0.2, 0) is 0 Å². The third kappa shape index (κ3) is 3.04. The van der Waals surface area contributed by atoms with Crippen molar-refractivity contribution in [2.24, 2.45) is 0 Å². The third-order valence-electron chi connectivity index (χ3n) is 2.98. The molecule has 21 heavy (non-hydrogen) atoms. The normalized spacial score (nSPS) is 12.0. The lowest BCUT2D eigenvalue weighted by atomic mass is 10.1. The van der Waals surface area contributed by atoms with Crippen molar-refractivity contribution < 1.29 is 22.4 Å². The van der Waals surface area contributed by atoms with E-state index in [1.165, 1.54) is 19.1 Å². The van der Waals surface area contributed by atoms with E-state index in [0.717, 1.165) is 24.3 Å². The minimum Gasteiger partial charge on any atom is -0.345 e. The van der Waals surface area contributed by atoms with Crippen LogP contribution in [0.3, 0.4) is 0 Å². The van der Waals surface area contributed by atoms with Gasteiger partial charge in [-0.25, -0.2) is 17.6 Å². The van der Waals surface area contributed by atoms with Gasteiger partial charge in [0.1, 0.15) is 11.6 Å². The number of halogens is 4. The van der Waals surface area contributed by atoms with Crippen LogP contribution in [0.2, 0.25) is 0 Å². The molecule has 2 nitrogen and oxygen atoms in total. The van der Waals surface area contributed by atoms with Gasteiger partial charge in [0.2, 0.25) is 0 Å². The molecular weight excluding hydrogens is 286 g/mol. The van der Waals surface area contributed by atoms with Crippen molar-refractivity contribution in [3.8, 4) is 0 Å². The second-order valence-corrected chi connectivity index (χ2v) is 4.43. The molecular formula is C15H11F4NO. The molecule has 1 atom stereocenters. The highest BCUT2D eigenvalue weighted by Crippen LogP contribution is 2.21. The molecule has 1 unspecified atom stereocenters. The summed E-state index contributed by atoms with van der Waals surface area (Å²) < 4.78 is 53.7. The van der Waals surface area contributed by atoms with Gasteiger partial charge in [-0.2, -0.15) is 0 Å². The van der Waals surface area contributed by atoms with E-state index in [9.17, 15) is 22.4 Å². The zero-order valence-electron chi connectivity index (χ0n) is 11.0. The molecule has 0 saturated heterocycles. The zero-order chi connectivity index (χ0) is 15.6. The van der Waals surface area contributed by atoms with Crippen molar-refractivity contribution in [1.82, 2.24) is 5.32 Å². The number of rotatable bonds is 3. The Bertz CT molecular complexity index is 667. The Morgan fingerprint density at radius 3 is 2.10 bits per heavy atom. The van der Waals surface area contributed by atoms with E-state index in [1.807, 2.05) is 0 Å². The minimum atomic E-state index is -1.31. The van der Waals surface area contributed by atoms with Gasteiger partial charge in [-0.05, 0) is 31.2 Å². The first kappa shape index (κ1) is 15.0. The Kier molecular flexibility index (Phi) is 4.26. The van der Waals surface area contributed by atoms with Gasteiger partial charge in [0.25, 0.3) is 5.91 Å². The monoisotopic (exact) mass is 297 g/mol. The van der Waals surface area contributed by atoms with Crippen molar-refractivity contribution >= 4 is 5.91 Å². The molecule has 0 aliphatic carbocycles. The Hall–Kier alpha value is -2.37. The predicted octanol–water partition coefficient (Wildman–Crippen LogP) is 3.73. The van der Waals surface area contributed by atoms with Gasteiger partial charge < -0.3 is 5.32 Å². The maximum absolute atomic E-state index is 13.6. The van der Waals surface area contributed by atoms with Crippen LogP contribution in [0.25, 0.3) is 0 Å². The molecule has 2 aromatic carbocycles. The average Bonchev–Trinajstić information content (AvgIpc) is 2.41. The highest BCUT2D eigenvalue weighted by atomic mass is 19.2. The van der Waals surface area contributed by atoms with Gasteiger partial charge in [-0.15, -0.1) is 0 Å². The second kappa shape index (κ2) is 5.95. The number of hydrogen-bond acceptors (Lipinski definition) is 1. The van der Waals surface area contributed by atoms with Crippen molar-refractivity contribution in [3.05, 3.63) is 70.8 Å². The maximum atomic E-state index is 13.6. The molecule has 110 valence electrons. The second-order valence-electron chi connectivity index (χ2n) is 4.43. The van der Waals surface area contributed by atoms with Gasteiger partial charge in [0.05, 0.1) is 11.6 Å². The van der Waals surface area contributed by atoms with Crippen LogP contribution in [0.5, 0.6) is 0 Å². The van der Waals surface area contributed by atoms with Crippen LogP contribution in [-0.4, -0.2) is 5.91 Å². The number of hydrogen-bond donors (Lipinski definition) is 1. The lowest BCUT2D eigenvalue weighted by Crippen LogP contribution is -2.28. The number of nitrogens with one attached hydrogen (secondary N) is 1. The SMILES string of the molecule is CC(NC(=O)c1cccc(F)c1F)c1c(F)cccc1F. The van der Waals surface area contributed by atoms with Crippen LogP contribution >= 0.6 is 0 Å². The summed E-state index contributed by atoms with van der Waals surface area (Å²) in [5, 5.41) is 2.24. The Labute approximate surface area is 118 Å². The van der Waals surface area contributed by atoms with Crippen LogP contribution < -0.4 is 5.32 Å². The first-order chi connectivity index (χ1) is 9.91.